The van der Waals surface area contributed by atoms with Gasteiger partial charge in [0.25, 0.3) is 11.8 Å². The molecule has 0 saturated carbocycles. The Bertz CT molecular complexity index is 990. The molecule has 0 radical (unpaired) electrons. The zero-order valence-electron chi connectivity index (χ0n) is 17.0. The monoisotopic (exact) mass is 499 g/mol. The molecule has 14 heteroatoms. The Labute approximate surface area is 197 Å². The van der Waals surface area contributed by atoms with Crippen LogP contribution in [0.1, 0.15) is 12.1 Å². The first kappa shape index (κ1) is 23.0. The number of thioether (sulfide) groups is 1. The summed E-state index contributed by atoms with van der Waals surface area (Å²) in [6.07, 6.45) is 0.568. The van der Waals surface area contributed by atoms with Crippen LogP contribution in [0.2, 0.25) is 0 Å². The van der Waals surface area contributed by atoms with Crippen molar-refractivity contribution in [3.05, 3.63) is 22.3 Å². The van der Waals surface area contributed by atoms with Crippen molar-refractivity contribution < 1.29 is 28.7 Å². The van der Waals surface area contributed by atoms with Crippen molar-refractivity contribution in [3.63, 3.8) is 0 Å². The Morgan fingerprint density at radius 2 is 2.19 bits per heavy atom. The number of nitrogen functional groups attached to an aromatic ring is 1. The van der Waals surface area contributed by atoms with Gasteiger partial charge in [0.15, 0.2) is 10.8 Å². The lowest BCUT2D eigenvalue weighted by atomic mass is 9.96. The molecular weight excluding hydrogens is 478 g/mol. The molecule has 0 aromatic carbocycles. The first-order valence-electron chi connectivity index (χ1n) is 9.59. The second-order valence-corrected chi connectivity index (χ2v) is 9.64. The van der Waals surface area contributed by atoms with Gasteiger partial charge >= 0.3 is 0 Å². The van der Waals surface area contributed by atoms with Crippen LogP contribution in [0.4, 0.5) is 5.13 Å². The quantitative estimate of drug-likeness (QED) is 0.207. The van der Waals surface area contributed by atoms with E-state index in [-0.39, 0.29) is 34.9 Å². The number of rotatable bonds is 7. The van der Waals surface area contributed by atoms with Crippen molar-refractivity contribution in [1.29, 1.82) is 0 Å². The van der Waals surface area contributed by atoms with Gasteiger partial charge in [-0.2, -0.15) is 0 Å². The van der Waals surface area contributed by atoms with E-state index in [1.807, 2.05) is 0 Å². The summed E-state index contributed by atoms with van der Waals surface area (Å²) in [7, 11) is 1.30. The van der Waals surface area contributed by atoms with Gasteiger partial charge in [-0.15, -0.1) is 23.1 Å². The highest BCUT2D eigenvalue weighted by Gasteiger charge is 2.54. The molecule has 2 amide bonds. The predicted octanol–water partition coefficient (Wildman–Crippen LogP) is 0.197. The van der Waals surface area contributed by atoms with Gasteiger partial charge in [0.2, 0.25) is 5.12 Å². The average Bonchev–Trinajstić information content (AvgIpc) is 3.21. The number of carbonyl (C=O) groups is 3. The minimum atomic E-state index is -0.823. The summed E-state index contributed by atoms with van der Waals surface area (Å²) in [5.74, 6) is -0.388. The third kappa shape index (κ3) is 4.50. The van der Waals surface area contributed by atoms with Crippen molar-refractivity contribution in [3.8, 4) is 0 Å². The third-order valence-electron chi connectivity index (χ3n) is 5.11. The standard InChI is InChI=1S/C18H21N5O6S3/c1-27-22-11(10-6-32-18(19)20-10)14(24)21-12-15(25)23-13(17(26)30)9(5-31-16(12)23)2-8-3-28-7-29-4-8/h6,8,12,16H,2-5,7H2,1H3,(H2,19,20)(H,21,24)(H,26,30)/b22-11-/t12?,16-/m1/s1. The van der Waals surface area contributed by atoms with Gasteiger partial charge in [0, 0.05) is 17.1 Å². The summed E-state index contributed by atoms with van der Waals surface area (Å²) in [4.78, 5) is 48.2. The number of aromatic nitrogens is 1. The van der Waals surface area contributed by atoms with Gasteiger partial charge in [-0.3, -0.25) is 19.3 Å². The van der Waals surface area contributed by atoms with Crippen molar-refractivity contribution >= 4 is 63.5 Å². The summed E-state index contributed by atoms with van der Waals surface area (Å²) in [5, 5.41) is 7.34. The highest BCUT2D eigenvalue weighted by molar-refractivity contribution is 8.00. The number of amides is 2. The van der Waals surface area contributed by atoms with E-state index in [0.717, 1.165) is 16.9 Å². The molecule has 1 aromatic rings. The van der Waals surface area contributed by atoms with E-state index in [0.29, 0.717) is 25.4 Å². The topological polar surface area (TPSA) is 145 Å². The van der Waals surface area contributed by atoms with E-state index >= 15 is 0 Å². The smallest absolute Gasteiger partial charge is 0.276 e. The molecule has 172 valence electrons. The van der Waals surface area contributed by atoms with Gasteiger partial charge in [0.05, 0.1) is 18.9 Å². The van der Waals surface area contributed by atoms with Crippen LogP contribution < -0.4 is 11.1 Å². The Morgan fingerprint density at radius 3 is 2.81 bits per heavy atom. The zero-order chi connectivity index (χ0) is 22.8. The molecule has 3 aliphatic heterocycles. The highest BCUT2D eigenvalue weighted by Crippen LogP contribution is 2.42. The predicted molar refractivity (Wildman–Crippen MR) is 121 cm³/mol. The summed E-state index contributed by atoms with van der Waals surface area (Å²) >= 11 is 6.62. The second-order valence-electron chi connectivity index (χ2n) is 7.24. The molecule has 1 aromatic heterocycles. The molecule has 4 rings (SSSR count). The number of carbonyl (C=O) groups excluding carboxylic acids is 3. The molecule has 2 atom stereocenters. The Balaban J connectivity index is 1.49. The summed E-state index contributed by atoms with van der Waals surface area (Å²) in [5.41, 5.74) is 6.89. The molecule has 0 bridgehead atoms. The number of nitrogens with two attached hydrogens (primary N) is 1. The lowest BCUT2D eigenvalue weighted by Crippen LogP contribution is -2.71. The first-order valence-corrected chi connectivity index (χ1v) is 12.0. The first-order chi connectivity index (χ1) is 15.4. The normalized spacial score (nSPS) is 24.1. The Morgan fingerprint density at radius 1 is 1.44 bits per heavy atom. The zero-order valence-corrected chi connectivity index (χ0v) is 19.5. The molecule has 3 N–H and O–H groups in total. The van der Waals surface area contributed by atoms with Crippen LogP contribution in [0.5, 0.6) is 0 Å². The minimum Gasteiger partial charge on any atom is -0.398 e. The average molecular weight is 500 g/mol. The maximum absolute atomic E-state index is 12.9. The number of nitrogens with zero attached hydrogens (tertiary/aromatic N) is 3. The molecule has 2 fully saturated rings. The highest BCUT2D eigenvalue weighted by atomic mass is 32.2. The van der Waals surface area contributed by atoms with Crippen LogP contribution >= 0.6 is 35.7 Å². The SMILES string of the molecule is CO/N=C(\C(=O)NC1C(=O)N2C(C(=O)S)=C(CC3COCOC3)CS[C@H]12)c1csc(N)n1. The van der Waals surface area contributed by atoms with E-state index in [4.69, 9.17) is 20.0 Å². The largest absolute Gasteiger partial charge is 0.398 e. The number of anilines is 1. The number of oxime groups is 1. The van der Waals surface area contributed by atoms with E-state index in [1.54, 1.807) is 5.38 Å². The number of hydrogen-bond donors (Lipinski definition) is 3. The number of β-lactam (4-membered cyclic amide) rings is 1. The molecule has 0 aliphatic carbocycles. The molecule has 1 unspecified atom stereocenters. The lowest BCUT2D eigenvalue weighted by Gasteiger charge is -2.50. The van der Waals surface area contributed by atoms with E-state index in [2.05, 4.69) is 28.1 Å². The molecule has 0 spiro atoms. The summed E-state index contributed by atoms with van der Waals surface area (Å²) in [6.45, 7) is 1.32. The van der Waals surface area contributed by atoms with Crippen LogP contribution in [-0.4, -0.2) is 76.8 Å². The molecule has 2 saturated heterocycles. The number of hydrogen-bond acceptors (Lipinski definition) is 11. The van der Waals surface area contributed by atoms with Crippen molar-refractivity contribution in [2.75, 3.05) is 38.6 Å². The molecule has 11 nitrogen and oxygen atoms in total. The lowest BCUT2D eigenvalue weighted by molar-refractivity contribution is -0.146. The Hall–Kier alpha value is -2.13. The fourth-order valence-electron chi connectivity index (χ4n) is 3.74. The molecule has 4 heterocycles. The van der Waals surface area contributed by atoms with Gasteiger partial charge in [0.1, 0.15) is 31.0 Å². The van der Waals surface area contributed by atoms with E-state index in [9.17, 15) is 14.4 Å². The molecule has 3 aliphatic rings. The second kappa shape index (κ2) is 9.79. The van der Waals surface area contributed by atoms with Gasteiger partial charge in [-0.25, -0.2) is 4.98 Å². The maximum Gasteiger partial charge on any atom is 0.276 e. The van der Waals surface area contributed by atoms with Crippen LogP contribution in [0.3, 0.4) is 0 Å². The fourth-order valence-corrected chi connectivity index (χ4v) is 5.92. The van der Waals surface area contributed by atoms with Gasteiger partial charge < -0.3 is 25.4 Å². The number of fused-ring (bicyclic) bond motifs is 1. The number of thiazole rings is 1. The van der Waals surface area contributed by atoms with Gasteiger partial charge in [-0.1, -0.05) is 17.8 Å². The fraction of sp³-hybridized carbons (Fsp3) is 0.500. The van der Waals surface area contributed by atoms with Crippen molar-refractivity contribution in [1.82, 2.24) is 15.2 Å². The Kier molecular flexibility index (Phi) is 7.05. The minimum absolute atomic E-state index is 0.0912. The summed E-state index contributed by atoms with van der Waals surface area (Å²) in [6, 6.07) is -0.823. The molecule has 32 heavy (non-hydrogen) atoms. The number of thiol groups is 1. The van der Waals surface area contributed by atoms with Crippen LogP contribution in [0, 0.1) is 5.92 Å². The number of nitrogens with one attached hydrogen (secondary N) is 1. The van der Waals surface area contributed by atoms with E-state index < -0.39 is 28.3 Å². The van der Waals surface area contributed by atoms with Crippen molar-refractivity contribution in [2.45, 2.75) is 17.8 Å². The molecular formula is C18H21N5O6S3. The summed E-state index contributed by atoms with van der Waals surface area (Å²) < 4.78 is 10.7. The van der Waals surface area contributed by atoms with Crippen molar-refractivity contribution in [2.24, 2.45) is 11.1 Å². The third-order valence-corrected chi connectivity index (χ3v) is 7.33. The maximum atomic E-state index is 12.9. The number of ether oxygens (including phenoxy) is 2. The van der Waals surface area contributed by atoms with Crippen LogP contribution in [0.25, 0.3) is 0 Å². The van der Waals surface area contributed by atoms with E-state index in [1.165, 1.54) is 23.8 Å². The van der Waals surface area contributed by atoms with Crippen LogP contribution in [-0.2, 0) is 28.7 Å². The van der Waals surface area contributed by atoms with Crippen LogP contribution in [0.15, 0.2) is 21.8 Å². The van der Waals surface area contributed by atoms with Gasteiger partial charge in [-0.05, 0) is 12.0 Å².